The molecule has 0 fully saturated rings. The van der Waals surface area contributed by atoms with Crippen LogP contribution in [0.15, 0.2) is 12.3 Å². The second-order valence-electron chi connectivity index (χ2n) is 5.75. The van der Waals surface area contributed by atoms with E-state index in [0.717, 1.165) is 12.7 Å². The molecule has 5 nitrogen and oxygen atoms in total. The standard InChI is InChI=1S/C15H25FN4O/c1-11(2)10-20(7-6-19(4)5)15(21)13-8-12(16)9-18-14(13)17-3/h8-9,11H,6-7,10H2,1-5H3,(H,17,18). The first kappa shape index (κ1) is 17.4. The van der Waals surface area contributed by atoms with Crippen LogP contribution in [0, 0.1) is 11.7 Å². The number of likely N-dealkylation sites (N-methyl/N-ethyl adjacent to an activating group) is 1. The SMILES string of the molecule is CNc1ncc(F)cc1C(=O)N(CCN(C)C)CC(C)C. The Labute approximate surface area is 126 Å². The zero-order chi connectivity index (χ0) is 16.0. The van der Waals surface area contributed by atoms with E-state index in [-0.39, 0.29) is 11.5 Å². The van der Waals surface area contributed by atoms with Crippen LogP contribution in [0.3, 0.4) is 0 Å². The number of hydrogen-bond donors (Lipinski definition) is 1. The Kier molecular flexibility index (Phi) is 6.55. The molecule has 118 valence electrons. The molecule has 1 aromatic heterocycles. The Morgan fingerprint density at radius 3 is 2.57 bits per heavy atom. The number of amides is 1. The lowest BCUT2D eigenvalue weighted by Gasteiger charge is -2.26. The molecule has 0 unspecified atom stereocenters. The van der Waals surface area contributed by atoms with Gasteiger partial charge >= 0.3 is 0 Å². The Morgan fingerprint density at radius 2 is 2.05 bits per heavy atom. The Bertz CT molecular complexity index is 477. The number of pyridine rings is 1. The summed E-state index contributed by atoms with van der Waals surface area (Å²) < 4.78 is 13.4. The summed E-state index contributed by atoms with van der Waals surface area (Å²) in [6.07, 6.45) is 1.11. The average Bonchev–Trinajstić information content (AvgIpc) is 2.42. The topological polar surface area (TPSA) is 48.5 Å². The van der Waals surface area contributed by atoms with E-state index in [9.17, 15) is 9.18 Å². The lowest BCUT2D eigenvalue weighted by molar-refractivity contribution is 0.0725. The number of carbonyl (C=O) groups excluding carboxylic acids is 1. The molecule has 0 aliphatic heterocycles. The molecule has 1 N–H and O–H groups in total. The number of anilines is 1. The van der Waals surface area contributed by atoms with E-state index >= 15 is 0 Å². The molecule has 0 aromatic carbocycles. The van der Waals surface area contributed by atoms with E-state index in [4.69, 9.17) is 0 Å². The molecule has 0 saturated carbocycles. The molecule has 0 bridgehead atoms. The predicted molar refractivity (Wildman–Crippen MR) is 83.0 cm³/mol. The van der Waals surface area contributed by atoms with Crippen LogP contribution in [0.4, 0.5) is 10.2 Å². The summed E-state index contributed by atoms with van der Waals surface area (Å²) in [7, 11) is 5.59. The minimum atomic E-state index is -0.505. The van der Waals surface area contributed by atoms with Gasteiger partial charge in [-0.25, -0.2) is 9.37 Å². The van der Waals surface area contributed by atoms with Crippen molar-refractivity contribution < 1.29 is 9.18 Å². The van der Waals surface area contributed by atoms with Gasteiger partial charge < -0.3 is 15.1 Å². The van der Waals surface area contributed by atoms with Crippen LogP contribution in [0.1, 0.15) is 24.2 Å². The van der Waals surface area contributed by atoms with Crippen molar-refractivity contribution in [1.82, 2.24) is 14.8 Å². The number of carbonyl (C=O) groups is 1. The summed E-state index contributed by atoms with van der Waals surface area (Å²) in [6.45, 7) is 6.10. The van der Waals surface area contributed by atoms with Gasteiger partial charge in [0.25, 0.3) is 5.91 Å². The van der Waals surface area contributed by atoms with E-state index in [0.29, 0.717) is 24.8 Å². The number of nitrogens with zero attached hydrogens (tertiary/aromatic N) is 3. The van der Waals surface area contributed by atoms with Crippen LogP contribution in [0.2, 0.25) is 0 Å². The van der Waals surface area contributed by atoms with Crippen LogP contribution in [0.25, 0.3) is 0 Å². The van der Waals surface area contributed by atoms with Crippen LogP contribution in [-0.2, 0) is 0 Å². The number of nitrogens with one attached hydrogen (secondary N) is 1. The second kappa shape index (κ2) is 7.93. The normalized spacial score (nSPS) is 11.0. The fourth-order valence-corrected chi connectivity index (χ4v) is 2.01. The van der Waals surface area contributed by atoms with E-state index in [2.05, 4.69) is 24.1 Å². The molecule has 0 radical (unpaired) electrons. The minimum Gasteiger partial charge on any atom is -0.372 e. The first-order chi connectivity index (χ1) is 9.85. The van der Waals surface area contributed by atoms with E-state index in [1.165, 1.54) is 6.07 Å². The van der Waals surface area contributed by atoms with Gasteiger partial charge in [0, 0.05) is 26.7 Å². The summed E-state index contributed by atoms with van der Waals surface area (Å²) in [4.78, 5) is 20.4. The molecule has 1 heterocycles. The molecule has 1 aromatic rings. The molecule has 21 heavy (non-hydrogen) atoms. The van der Waals surface area contributed by atoms with Crippen LogP contribution >= 0.6 is 0 Å². The quantitative estimate of drug-likeness (QED) is 0.835. The van der Waals surface area contributed by atoms with Gasteiger partial charge in [-0.05, 0) is 26.1 Å². The van der Waals surface area contributed by atoms with Crippen molar-refractivity contribution in [3.63, 3.8) is 0 Å². The number of rotatable bonds is 7. The zero-order valence-electron chi connectivity index (χ0n) is 13.5. The number of aromatic nitrogens is 1. The third-order valence-corrected chi connectivity index (χ3v) is 3.01. The van der Waals surface area contributed by atoms with E-state index in [1.54, 1.807) is 11.9 Å². The predicted octanol–water partition coefficient (Wildman–Crippen LogP) is 1.92. The summed E-state index contributed by atoms with van der Waals surface area (Å²) >= 11 is 0. The van der Waals surface area contributed by atoms with Gasteiger partial charge in [0.1, 0.15) is 11.6 Å². The summed E-state index contributed by atoms with van der Waals surface area (Å²) in [5, 5.41) is 2.84. The molecule has 0 aliphatic carbocycles. The maximum atomic E-state index is 13.4. The van der Waals surface area contributed by atoms with Crippen LogP contribution < -0.4 is 5.32 Å². The molecule has 0 saturated heterocycles. The zero-order valence-corrected chi connectivity index (χ0v) is 13.5. The lowest BCUT2D eigenvalue weighted by atomic mass is 10.1. The average molecular weight is 296 g/mol. The molecular weight excluding hydrogens is 271 g/mol. The highest BCUT2D eigenvalue weighted by Crippen LogP contribution is 2.16. The summed E-state index contributed by atoms with van der Waals surface area (Å²) in [5.41, 5.74) is 0.275. The van der Waals surface area contributed by atoms with Crippen LogP contribution in [0.5, 0.6) is 0 Å². The van der Waals surface area contributed by atoms with Crippen molar-refractivity contribution in [3.8, 4) is 0 Å². The van der Waals surface area contributed by atoms with Crippen molar-refractivity contribution in [3.05, 3.63) is 23.6 Å². The molecule has 0 spiro atoms. The molecular formula is C15H25FN4O. The number of halogens is 1. The van der Waals surface area contributed by atoms with Gasteiger partial charge in [-0.1, -0.05) is 13.8 Å². The first-order valence-corrected chi connectivity index (χ1v) is 7.12. The van der Waals surface area contributed by atoms with Gasteiger partial charge in [0.05, 0.1) is 11.8 Å². The van der Waals surface area contributed by atoms with Gasteiger partial charge in [-0.15, -0.1) is 0 Å². The molecule has 0 atom stereocenters. The van der Waals surface area contributed by atoms with Crippen LogP contribution in [-0.4, -0.2) is 61.5 Å². The highest BCUT2D eigenvalue weighted by Gasteiger charge is 2.21. The maximum Gasteiger partial charge on any atom is 0.257 e. The molecule has 0 aliphatic rings. The molecule has 6 heteroatoms. The highest BCUT2D eigenvalue weighted by molar-refractivity contribution is 5.98. The van der Waals surface area contributed by atoms with E-state index in [1.807, 2.05) is 19.0 Å². The lowest BCUT2D eigenvalue weighted by Crippen LogP contribution is -2.39. The fraction of sp³-hybridized carbons (Fsp3) is 0.600. The van der Waals surface area contributed by atoms with Crippen molar-refractivity contribution in [2.45, 2.75) is 13.8 Å². The Hall–Kier alpha value is -1.69. The third kappa shape index (κ3) is 5.30. The van der Waals surface area contributed by atoms with Gasteiger partial charge in [-0.2, -0.15) is 0 Å². The monoisotopic (exact) mass is 296 g/mol. The molecule has 1 amide bonds. The van der Waals surface area contributed by atoms with Crippen molar-refractivity contribution in [2.24, 2.45) is 5.92 Å². The van der Waals surface area contributed by atoms with E-state index < -0.39 is 5.82 Å². The van der Waals surface area contributed by atoms with Crippen molar-refractivity contribution >= 4 is 11.7 Å². The van der Waals surface area contributed by atoms with Gasteiger partial charge in [0.2, 0.25) is 0 Å². The summed E-state index contributed by atoms with van der Waals surface area (Å²) in [5.74, 6) is 0.0482. The van der Waals surface area contributed by atoms with Gasteiger partial charge in [0.15, 0.2) is 0 Å². The third-order valence-electron chi connectivity index (χ3n) is 3.01. The second-order valence-corrected chi connectivity index (χ2v) is 5.75. The first-order valence-electron chi connectivity index (χ1n) is 7.12. The Balaban J connectivity index is 3.00. The largest absolute Gasteiger partial charge is 0.372 e. The Morgan fingerprint density at radius 1 is 1.38 bits per heavy atom. The van der Waals surface area contributed by atoms with Gasteiger partial charge in [-0.3, -0.25) is 4.79 Å². The summed E-state index contributed by atoms with van der Waals surface area (Å²) in [6, 6.07) is 1.24. The van der Waals surface area contributed by atoms with Crippen molar-refractivity contribution in [1.29, 1.82) is 0 Å². The fourth-order valence-electron chi connectivity index (χ4n) is 2.01. The van der Waals surface area contributed by atoms with Crippen molar-refractivity contribution in [2.75, 3.05) is 46.1 Å². The smallest absolute Gasteiger partial charge is 0.257 e. The maximum absolute atomic E-state index is 13.4. The number of hydrogen-bond acceptors (Lipinski definition) is 4. The molecule has 1 rings (SSSR count). The highest BCUT2D eigenvalue weighted by atomic mass is 19.1. The minimum absolute atomic E-state index is 0.193.